The Balaban J connectivity index is 1.62. The van der Waals surface area contributed by atoms with E-state index >= 15 is 0 Å². The highest BCUT2D eigenvalue weighted by atomic mass is 35.5. The maximum absolute atomic E-state index is 14.4. The van der Waals surface area contributed by atoms with E-state index < -0.39 is 32.4 Å². The molecule has 2 aromatic carbocycles. The van der Waals surface area contributed by atoms with Crippen LogP contribution in [-0.4, -0.2) is 29.4 Å². The van der Waals surface area contributed by atoms with Crippen molar-refractivity contribution in [3.05, 3.63) is 94.7 Å². The number of nitrogens with one attached hydrogen (secondary N) is 2. The highest BCUT2D eigenvalue weighted by Crippen LogP contribution is 2.32. The smallest absolute Gasteiger partial charge is 0.256 e. The molecule has 0 unspecified atom stereocenters. The van der Waals surface area contributed by atoms with Crippen molar-refractivity contribution in [2.45, 2.75) is 18.0 Å². The number of rotatable bonds is 7. The van der Waals surface area contributed by atoms with Gasteiger partial charge in [-0.2, -0.15) is 0 Å². The molecular formula is C23H18ClFN4O4S. The molecule has 0 radical (unpaired) electrons. The third-order valence-corrected chi connectivity index (χ3v) is 6.66. The largest absolute Gasteiger partial charge is 0.506 e. The van der Waals surface area contributed by atoms with Gasteiger partial charge >= 0.3 is 0 Å². The maximum atomic E-state index is 14.4. The Hall–Kier alpha value is -3.60. The van der Waals surface area contributed by atoms with Crippen LogP contribution in [0.2, 0.25) is 5.02 Å². The summed E-state index contributed by atoms with van der Waals surface area (Å²) in [5.74, 6) is -2.15. The lowest BCUT2D eigenvalue weighted by Gasteiger charge is -2.12. The molecule has 11 heteroatoms. The van der Waals surface area contributed by atoms with Gasteiger partial charge in [-0.05, 0) is 47.5 Å². The summed E-state index contributed by atoms with van der Waals surface area (Å²) in [6, 6.07) is 11.8. The Morgan fingerprint density at radius 2 is 1.71 bits per heavy atom. The molecule has 0 aliphatic carbocycles. The summed E-state index contributed by atoms with van der Waals surface area (Å²) in [5.41, 5.74) is 1.02. The summed E-state index contributed by atoms with van der Waals surface area (Å²) >= 11 is 5.85. The van der Waals surface area contributed by atoms with Crippen LogP contribution >= 0.6 is 11.6 Å². The lowest BCUT2D eigenvalue weighted by Crippen LogP contribution is -2.24. The van der Waals surface area contributed by atoms with Gasteiger partial charge in [0.2, 0.25) is 10.0 Å². The van der Waals surface area contributed by atoms with Gasteiger partial charge in [0.1, 0.15) is 22.0 Å². The fourth-order valence-corrected chi connectivity index (χ4v) is 4.55. The highest BCUT2D eigenvalue weighted by molar-refractivity contribution is 7.89. The molecule has 0 spiro atoms. The van der Waals surface area contributed by atoms with Gasteiger partial charge in [-0.1, -0.05) is 23.7 Å². The van der Waals surface area contributed by atoms with E-state index in [1.54, 1.807) is 36.4 Å². The summed E-state index contributed by atoms with van der Waals surface area (Å²) in [4.78, 5) is 20.1. The van der Waals surface area contributed by atoms with Crippen molar-refractivity contribution in [1.29, 1.82) is 0 Å². The predicted octanol–water partition coefficient (Wildman–Crippen LogP) is 3.54. The second kappa shape index (κ2) is 9.72. The van der Waals surface area contributed by atoms with Crippen molar-refractivity contribution in [2.75, 3.05) is 0 Å². The van der Waals surface area contributed by atoms with Crippen LogP contribution in [-0.2, 0) is 23.1 Å². The zero-order valence-corrected chi connectivity index (χ0v) is 19.1. The van der Waals surface area contributed by atoms with Crippen LogP contribution in [0, 0.1) is 5.82 Å². The number of fused-ring (bicyclic) bond motifs is 1. The molecule has 0 bridgehead atoms. The monoisotopic (exact) mass is 500 g/mol. The maximum Gasteiger partial charge on any atom is 0.256 e. The molecule has 0 saturated heterocycles. The Kier molecular flexibility index (Phi) is 6.73. The number of halogens is 2. The van der Waals surface area contributed by atoms with Gasteiger partial charge in [-0.25, -0.2) is 17.5 Å². The van der Waals surface area contributed by atoms with Crippen molar-refractivity contribution < 1.29 is 22.7 Å². The van der Waals surface area contributed by atoms with E-state index in [1.807, 2.05) is 0 Å². The number of amides is 1. The molecule has 0 saturated carbocycles. The molecule has 0 fully saturated rings. The van der Waals surface area contributed by atoms with E-state index in [-0.39, 0.29) is 29.6 Å². The van der Waals surface area contributed by atoms with Gasteiger partial charge < -0.3 is 10.4 Å². The number of hydrogen-bond donors (Lipinski definition) is 3. The second-order valence-electron chi connectivity index (χ2n) is 7.31. The molecule has 2 heterocycles. The van der Waals surface area contributed by atoms with Gasteiger partial charge in [-0.3, -0.25) is 14.8 Å². The fourth-order valence-electron chi connectivity index (χ4n) is 3.23. The van der Waals surface area contributed by atoms with E-state index in [2.05, 4.69) is 20.0 Å². The van der Waals surface area contributed by atoms with Crippen molar-refractivity contribution in [3.63, 3.8) is 0 Å². The van der Waals surface area contributed by atoms with E-state index in [0.717, 1.165) is 23.9 Å². The van der Waals surface area contributed by atoms with Crippen molar-refractivity contribution in [3.8, 4) is 5.75 Å². The number of aromatic hydroxyl groups is 1. The van der Waals surface area contributed by atoms with Crippen molar-refractivity contribution >= 4 is 38.4 Å². The first-order valence-corrected chi connectivity index (χ1v) is 11.8. The average Bonchev–Trinajstić information content (AvgIpc) is 2.83. The number of pyridine rings is 2. The van der Waals surface area contributed by atoms with Crippen molar-refractivity contribution in [1.82, 2.24) is 20.0 Å². The topological polar surface area (TPSA) is 121 Å². The number of sulfonamides is 1. The minimum absolute atomic E-state index is 0.0555. The molecule has 8 nitrogen and oxygen atoms in total. The number of nitrogens with zero attached hydrogens (tertiary/aromatic N) is 2. The van der Waals surface area contributed by atoms with E-state index in [1.165, 1.54) is 12.4 Å². The summed E-state index contributed by atoms with van der Waals surface area (Å²) in [6.07, 6.45) is 4.08. The van der Waals surface area contributed by atoms with E-state index in [0.29, 0.717) is 10.6 Å². The van der Waals surface area contributed by atoms with Gasteiger partial charge in [-0.15, -0.1) is 0 Å². The number of benzene rings is 2. The molecule has 0 aliphatic heterocycles. The number of carbonyl (C=O) groups is 1. The molecule has 2 aromatic heterocycles. The fraction of sp³-hybridized carbons (Fsp3) is 0.0870. The third kappa shape index (κ3) is 5.14. The molecule has 4 aromatic rings. The first kappa shape index (κ1) is 23.6. The molecule has 174 valence electrons. The highest BCUT2D eigenvalue weighted by Gasteiger charge is 2.23. The van der Waals surface area contributed by atoms with Gasteiger partial charge in [0.25, 0.3) is 5.91 Å². The predicted molar refractivity (Wildman–Crippen MR) is 124 cm³/mol. The minimum Gasteiger partial charge on any atom is -0.506 e. The van der Waals surface area contributed by atoms with Crippen LogP contribution in [0.4, 0.5) is 4.39 Å². The van der Waals surface area contributed by atoms with Gasteiger partial charge in [0, 0.05) is 42.1 Å². The molecule has 0 atom stereocenters. The average molecular weight is 501 g/mol. The quantitative estimate of drug-likeness (QED) is 0.357. The van der Waals surface area contributed by atoms with Gasteiger partial charge in [0.05, 0.1) is 5.52 Å². The Morgan fingerprint density at radius 3 is 2.41 bits per heavy atom. The first-order valence-electron chi connectivity index (χ1n) is 9.97. The summed E-state index contributed by atoms with van der Waals surface area (Å²) in [6.45, 7) is 0.0925. The molecule has 3 N–H and O–H groups in total. The standard InChI is InChI=1S/C23H18ClFN4O4S/c24-16-3-1-14(2-4-16)11-28-23(31)19-13-27-21-18(22(19)30)9-17(25)10-20(21)34(32,33)29-12-15-5-7-26-8-6-15/h1-10,13,29H,11-12H2,(H,27,30)(H,28,31). The molecule has 0 aliphatic rings. The number of carbonyl (C=O) groups excluding carboxylic acids is 1. The summed E-state index contributed by atoms with van der Waals surface area (Å²) in [5, 5.41) is 13.6. The van der Waals surface area contributed by atoms with Crippen LogP contribution in [0.25, 0.3) is 10.9 Å². The van der Waals surface area contributed by atoms with E-state index in [9.17, 15) is 22.7 Å². The molecule has 4 rings (SSSR count). The van der Waals surface area contributed by atoms with Crippen LogP contribution < -0.4 is 10.0 Å². The van der Waals surface area contributed by atoms with Crippen LogP contribution in [0.15, 0.2) is 72.0 Å². The zero-order valence-electron chi connectivity index (χ0n) is 17.5. The van der Waals surface area contributed by atoms with Crippen molar-refractivity contribution in [2.24, 2.45) is 0 Å². The lowest BCUT2D eigenvalue weighted by molar-refractivity contribution is 0.0948. The molecule has 34 heavy (non-hydrogen) atoms. The first-order chi connectivity index (χ1) is 16.2. The summed E-state index contributed by atoms with van der Waals surface area (Å²) < 4.78 is 42.5. The molecule has 1 amide bonds. The number of hydrogen-bond acceptors (Lipinski definition) is 6. The van der Waals surface area contributed by atoms with Crippen LogP contribution in [0.3, 0.4) is 0 Å². The summed E-state index contributed by atoms with van der Waals surface area (Å²) in [7, 11) is -4.20. The second-order valence-corrected chi connectivity index (χ2v) is 9.48. The van der Waals surface area contributed by atoms with Gasteiger partial charge in [0.15, 0.2) is 0 Å². The van der Waals surface area contributed by atoms with Crippen LogP contribution in [0.1, 0.15) is 21.5 Å². The van der Waals surface area contributed by atoms with Crippen LogP contribution in [0.5, 0.6) is 5.75 Å². The Labute approximate surface area is 199 Å². The minimum atomic E-state index is -4.20. The lowest BCUT2D eigenvalue weighted by atomic mass is 10.1. The third-order valence-electron chi connectivity index (χ3n) is 4.99. The number of aromatic nitrogens is 2. The Morgan fingerprint density at radius 1 is 1.03 bits per heavy atom. The Bertz CT molecular complexity index is 1470. The van der Waals surface area contributed by atoms with E-state index in [4.69, 9.17) is 11.6 Å². The SMILES string of the molecule is O=C(NCc1ccc(Cl)cc1)c1cnc2c(S(=O)(=O)NCc3ccncc3)cc(F)cc2c1O. The normalized spacial score (nSPS) is 11.5. The zero-order chi connectivity index (χ0) is 24.3. The molecular weight excluding hydrogens is 483 g/mol.